The van der Waals surface area contributed by atoms with Gasteiger partial charge in [-0.1, -0.05) is 28.1 Å². The van der Waals surface area contributed by atoms with E-state index in [2.05, 4.69) is 15.9 Å². The minimum atomic E-state index is -0.978. The lowest BCUT2D eigenvalue weighted by molar-refractivity contribution is -0.142. The summed E-state index contributed by atoms with van der Waals surface area (Å²) in [4.78, 5) is 24.4. The van der Waals surface area contributed by atoms with Crippen molar-refractivity contribution in [3.63, 3.8) is 0 Å². The number of hydrogen-bond acceptors (Lipinski definition) is 2. The molecule has 1 aliphatic carbocycles. The van der Waals surface area contributed by atoms with E-state index < -0.39 is 5.97 Å². The van der Waals surface area contributed by atoms with Gasteiger partial charge in [-0.15, -0.1) is 0 Å². The van der Waals surface area contributed by atoms with Crippen LogP contribution >= 0.6 is 15.9 Å². The zero-order valence-electron chi connectivity index (χ0n) is 11.9. The van der Waals surface area contributed by atoms with Crippen molar-refractivity contribution >= 4 is 33.9 Å². The van der Waals surface area contributed by atoms with Crippen LogP contribution in [0.4, 0.5) is 0 Å². The van der Waals surface area contributed by atoms with Crippen molar-refractivity contribution in [2.24, 2.45) is 5.92 Å². The minimum Gasteiger partial charge on any atom is -0.480 e. The van der Waals surface area contributed by atoms with Gasteiger partial charge < -0.3 is 10.0 Å². The Hall–Kier alpha value is -1.62. The molecule has 21 heavy (non-hydrogen) atoms. The molecule has 4 nitrogen and oxygen atoms in total. The SMILES string of the molecule is Cc1ccc(/C=C/C(=O)N(CC(=O)O)CC2CC2)c(Br)c1. The highest BCUT2D eigenvalue weighted by Gasteiger charge is 2.27. The number of benzene rings is 1. The molecular formula is C16H18BrNO3. The van der Waals surface area contributed by atoms with Crippen LogP contribution in [-0.2, 0) is 9.59 Å². The molecular weight excluding hydrogens is 334 g/mol. The maximum Gasteiger partial charge on any atom is 0.323 e. The first kappa shape index (κ1) is 15.8. The first-order chi connectivity index (χ1) is 9.95. The lowest BCUT2D eigenvalue weighted by Gasteiger charge is -2.18. The molecule has 1 N–H and O–H groups in total. The van der Waals surface area contributed by atoms with E-state index in [1.807, 2.05) is 25.1 Å². The van der Waals surface area contributed by atoms with Gasteiger partial charge in [-0.05, 0) is 49.0 Å². The van der Waals surface area contributed by atoms with Crippen molar-refractivity contribution in [3.8, 4) is 0 Å². The Kier molecular flexibility index (Phi) is 5.17. The monoisotopic (exact) mass is 351 g/mol. The van der Waals surface area contributed by atoms with E-state index in [0.29, 0.717) is 12.5 Å². The standard InChI is InChI=1S/C16H18BrNO3/c1-11-2-5-13(14(17)8-11)6-7-15(19)18(10-16(20)21)9-12-3-4-12/h2,5-8,12H,3-4,9-10H2,1H3,(H,20,21)/b7-6+. The van der Waals surface area contributed by atoms with Gasteiger partial charge in [-0.25, -0.2) is 0 Å². The molecule has 1 aromatic carbocycles. The molecule has 0 aromatic heterocycles. The van der Waals surface area contributed by atoms with Crippen molar-refractivity contribution in [3.05, 3.63) is 39.9 Å². The topological polar surface area (TPSA) is 57.6 Å². The van der Waals surface area contributed by atoms with Gasteiger partial charge in [0, 0.05) is 17.1 Å². The number of carbonyl (C=O) groups is 2. The van der Waals surface area contributed by atoms with Crippen LogP contribution in [0.3, 0.4) is 0 Å². The molecule has 0 saturated heterocycles. The smallest absolute Gasteiger partial charge is 0.323 e. The fourth-order valence-corrected chi connectivity index (χ4v) is 2.67. The number of halogens is 1. The Morgan fingerprint density at radius 2 is 2.14 bits per heavy atom. The summed E-state index contributed by atoms with van der Waals surface area (Å²) < 4.78 is 0.915. The predicted octanol–water partition coefficient (Wildman–Crippen LogP) is 3.09. The normalized spacial score (nSPS) is 14.4. The summed E-state index contributed by atoms with van der Waals surface area (Å²) >= 11 is 3.45. The maximum absolute atomic E-state index is 12.2. The van der Waals surface area contributed by atoms with Gasteiger partial charge in [0.05, 0.1) is 0 Å². The maximum atomic E-state index is 12.2. The van der Waals surface area contributed by atoms with E-state index in [1.165, 1.54) is 11.0 Å². The first-order valence-electron chi connectivity index (χ1n) is 6.90. The van der Waals surface area contributed by atoms with Gasteiger partial charge >= 0.3 is 5.97 Å². The molecule has 0 bridgehead atoms. The number of aliphatic carboxylic acids is 1. The van der Waals surface area contributed by atoms with E-state index >= 15 is 0 Å². The molecule has 0 unspecified atom stereocenters. The van der Waals surface area contributed by atoms with Gasteiger partial charge in [0.2, 0.25) is 5.91 Å². The summed E-state index contributed by atoms with van der Waals surface area (Å²) in [5, 5.41) is 8.90. The second kappa shape index (κ2) is 6.89. The summed E-state index contributed by atoms with van der Waals surface area (Å²) in [6, 6.07) is 5.86. The van der Waals surface area contributed by atoms with E-state index in [1.54, 1.807) is 6.08 Å². The number of carboxylic acids is 1. The molecule has 0 spiro atoms. The molecule has 0 heterocycles. The van der Waals surface area contributed by atoms with Gasteiger partial charge in [0.1, 0.15) is 6.54 Å². The van der Waals surface area contributed by atoms with Gasteiger partial charge in [-0.2, -0.15) is 0 Å². The van der Waals surface area contributed by atoms with Gasteiger partial charge in [0.25, 0.3) is 0 Å². The Morgan fingerprint density at radius 1 is 1.43 bits per heavy atom. The van der Waals surface area contributed by atoms with E-state index in [4.69, 9.17) is 5.11 Å². The third-order valence-electron chi connectivity index (χ3n) is 3.37. The number of carbonyl (C=O) groups excluding carboxylic acids is 1. The van der Waals surface area contributed by atoms with E-state index in [9.17, 15) is 9.59 Å². The van der Waals surface area contributed by atoms with E-state index in [0.717, 1.165) is 28.4 Å². The molecule has 0 radical (unpaired) electrons. The minimum absolute atomic E-state index is 0.241. The van der Waals surface area contributed by atoms with Crippen molar-refractivity contribution in [2.45, 2.75) is 19.8 Å². The average Bonchev–Trinajstić information content (AvgIpc) is 3.20. The Labute approximate surface area is 132 Å². The average molecular weight is 352 g/mol. The van der Waals surface area contributed by atoms with Crippen LogP contribution in [0.1, 0.15) is 24.0 Å². The second-order valence-corrected chi connectivity index (χ2v) is 6.27. The van der Waals surface area contributed by atoms with Crippen LogP contribution in [0.5, 0.6) is 0 Å². The van der Waals surface area contributed by atoms with Crippen LogP contribution in [-0.4, -0.2) is 35.0 Å². The highest BCUT2D eigenvalue weighted by Crippen LogP contribution is 2.29. The van der Waals surface area contributed by atoms with Crippen molar-refractivity contribution in [1.82, 2.24) is 4.90 Å². The molecule has 1 aliphatic rings. The Bertz CT molecular complexity index is 579. The summed E-state index contributed by atoms with van der Waals surface area (Å²) in [6.07, 6.45) is 5.32. The third kappa shape index (κ3) is 5.01. The summed E-state index contributed by atoms with van der Waals surface area (Å²) in [5.41, 5.74) is 2.03. The second-order valence-electron chi connectivity index (χ2n) is 5.41. The van der Waals surface area contributed by atoms with Crippen LogP contribution < -0.4 is 0 Å². The molecule has 1 amide bonds. The lowest BCUT2D eigenvalue weighted by atomic mass is 10.1. The molecule has 5 heteroatoms. The fourth-order valence-electron chi connectivity index (χ4n) is 2.04. The molecule has 1 fully saturated rings. The fraction of sp³-hybridized carbons (Fsp3) is 0.375. The van der Waals surface area contributed by atoms with Gasteiger partial charge in [0.15, 0.2) is 0 Å². The quantitative estimate of drug-likeness (QED) is 0.801. The van der Waals surface area contributed by atoms with Crippen LogP contribution in [0.2, 0.25) is 0 Å². The van der Waals surface area contributed by atoms with Crippen molar-refractivity contribution < 1.29 is 14.7 Å². The lowest BCUT2D eigenvalue weighted by Crippen LogP contribution is -2.36. The zero-order chi connectivity index (χ0) is 15.4. The number of amides is 1. The highest BCUT2D eigenvalue weighted by atomic mass is 79.9. The Balaban J connectivity index is 2.05. The van der Waals surface area contributed by atoms with E-state index in [-0.39, 0.29) is 12.5 Å². The van der Waals surface area contributed by atoms with Crippen molar-refractivity contribution in [1.29, 1.82) is 0 Å². The number of rotatable bonds is 6. The molecule has 0 aliphatic heterocycles. The third-order valence-corrected chi connectivity index (χ3v) is 4.06. The molecule has 1 saturated carbocycles. The largest absolute Gasteiger partial charge is 0.480 e. The Morgan fingerprint density at radius 3 is 2.71 bits per heavy atom. The van der Waals surface area contributed by atoms with Crippen LogP contribution in [0.15, 0.2) is 28.7 Å². The summed E-state index contributed by atoms with van der Waals surface area (Å²) in [7, 11) is 0. The highest BCUT2D eigenvalue weighted by molar-refractivity contribution is 9.10. The number of nitrogens with zero attached hydrogens (tertiary/aromatic N) is 1. The zero-order valence-corrected chi connectivity index (χ0v) is 13.5. The molecule has 112 valence electrons. The molecule has 2 rings (SSSR count). The molecule has 0 atom stereocenters. The van der Waals surface area contributed by atoms with Crippen molar-refractivity contribution in [2.75, 3.05) is 13.1 Å². The van der Waals surface area contributed by atoms with Crippen LogP contribution in [0, 0.1) is 12.8 Å². The van der Waals surface area contributed by atoms with Crippen LogP contribution in [0.25, 0.3) is 6.08 Å². The predicted molar refractivity (Wildman–Crippen MR) is 84.9 cm³/mol. The number of aryl methyl sites for hydroxylation is 1. The summed E-state index contributed by atoms with van der Waals surface area (Å²) in [6.45, 7) is 2.28. The molecule has 1 aromatic rings. The first-order valence-corrected chi connectivity index (χ1v) is 7.70. The number of carboxylic acid groups (broad SMARTS) is 1. The summed E-state index contributed by atoms with van der Waals surface area (Å²) in [5.74, 6) is -0.765. The van der Waals surface area contributed by atoms with Gasteiger partial charge in [-0.3, -0.25) is 9.59 Å². The number of hydrogen-bond donors (Lipinski definition) is 1.